The Hall–Kier alpha value is -0.0200. The van der Waals surface area contributed by atoms with Crippen LogP contribution in [0.3, 0.4) is 0 Å². The molecule has 0 spiro atoms. The molecule has 0 aliphatic carbocycles. The molecule has 0 unspecified atom stereocenters. The molecule has 0 atom stereocenters. The summed E-state index contributed by atoms with van der Waals surface area (Å²) in [4.78, 5) is 0. The number of halogens is 2. The second-order valence-corrected chi connectivity index (χ2v) is 3.16. The first-order valence-corrected chi connectivity index (χ1v) is 3.83. The molecule has 3 heteroatoms. The molecule has 0 amide bonds. The highest BCUT2D eigenvalue weighted by molar-refractivity contribution is 9.13. The van der Waals surface area contributed by atoms with Gasteiger partial charge in [-0.3, -0.25) is 0 Å². The van der Waals surface area contributed by atoms with Gasteiger partial charge in [-0.25, -0.2) is 0 Å². The van der Waals surface area contributed by atoms with Crippen molar-refractivity contribution in [1.29, 1.82) is 0 Å². The number of hydrogen-bond acceptors (Lipinski definition) is 1. The van der Waals surface area contributed by atoms with E-state index in [0.29, 0.717) is 10.8 Å². The van der Waals surface area contributed by atoms with Crippen LogP contribution in [-0.2, 0) is 0 Å². The van der Waals surface area contributed by atoms with Crippen molar-refractivity contribution >= 4 is 45.0 Å². The van der Waals surface area contributed by atoms with Crippen LogP contribution in [0.1, 0.15) is 0 Å². The summed E-state index contributed by atoms with van der Waals surface area (Å²) in [6.07, 6.45) is 0. The molecule has 0 aromatic carbocycles. The lowest BCUT2D eigenvalue weighted by atomic mass is 10.6. The maximum absolute atomic E-state index is 5.03. The van der Waals surface area contributed by atoms with Gasteiger partial charge in [0.2, 0.25) is 0 Å². The van der Waals surface area contributed by atoms with E-state index in [1.807, 2.05) is 0 Å². The minimum Gasteiger partial charge on any atom is -0.456 e. The zero-order valence-electron chi connectivity index (χ0n) is 4.58. The molecule has 0 aliphatic heterocycles. The molecule has 0 fully saturated rings. The number of furan rings is 1. The zero-order valence-corrected chi connectivity index (χ0v) is 7.75. The predicted octanol–water partition coefficient (Wildman–Crippen LogP) is 1.63. The van der Waals surface area contributed by atoms with Crippen LogP contribution < -0.4 is 10.8 Å². The average Bonchev–Trinajstić information content (AvgIpc) is 1.98. The highest BCUT2D eigenvalue weighted by atomic mass is 79.9. The molecule has 1 aromatic rings. The molecule has 1 aromatic heterocycles. The summed E-state index contributed by atoms with van der Waals surface area (Å²) >= 11 is 6.51. The van der Waals surface area contributed by atoms with Crippen molar-refractivity contribution < 1.29 is 4.42 Å². The molecule has 1 rings (SSSR count). The van der Waals surface area contributed by atoms with Crippen LogP contribution in [-0.4, -0.2) is 0 Å². The van der Waals surface area contributed by atoms with Crippen LogP contribution in [0, 0.1) is 0 Å². The van der Waals surface area contributed by atoms with Crippen molar-refractivity contribution in [3.8, 4) is 0 Å². The second-order valence-electron chi connectivity index (χ2n) is 1.58. The fourth-order valence-electron chi connectivity index (χ4n) is 0.483. The van der Waals surface area contributed by atoms with Gasteiger partial charge in [0.25, 0.3) is 0 Å². The van der Waals surface area contributed by atoms with E-state index < -0.39 is 0 Å². The smallest absolute Gasteiger partial charge is 0.135 e. The molecule has 1 nitrogen and oxygen atoms in total. The van der Waals surface area contributed by atoms with E-state index in [2.05, 4.69) is 45.0 Å². The van der Waals surface area contributed by atoms with Crippen molar-refractivity contribution in [2.75, 3.05) is 0 Å². The molecule has 0 aliphatic rings. The summed E-state index contributed by atoms with van der Waals surface area (Å²) < 4.78 is 6.71. The van der Waals surface area contributed by atoms with Gasteiger partial charge in [0.15, 0.2) is 0 Å². The summed E-state index contributed by atoms with van der Waals surface area (Å²) in [5, 5.41) is 0. The van der Waals surface area contributed by atoms with E-state index >= 15 is 0 Å². The highest BCUT2D eigenvalue weighted by Crippen LogP contribution is 2.13. The Kier molecular flexibility index (Phi) is 1.82. The van der Waals surface area contributed by atoms with E-state index in [-0.39, 0.29) is 0 Å². The van der Waals surface area contributed by atoms with Crippen LogP contribution in [0.25, 0.3) is 13.2 Å². The monoisotopic (exact) mass is 250 g/mol. The Balaban J connectivity index is 3.67. The first-order valence-electron chi connectivity index (χ1n) is 2.24. The maximum atomic E-state index is 5.03. The Morgan fingerprint density at radius 2 is 1.33 bits per heavy atom. The van der Waals surface area contributed by atoms with E-state index in [1.54, 1.807) is 0 Å². The van der Waals surface area contributed by atoms with Gasteiger partial charge in [-0.05, 0) is 31.9 Å². The van der Waals surface area contributed by atoms with Crippen molar-refractivity contribution in [3.63, 3.8) is 0 Å². The van der Waals surface area contributed by atoms with Crippen molar-refractivity contribution in [3.05, 3.63) is 19.8 Å². The average molecular weight is 252 g/mol. The van der Waals surface area contributed by atoms with Crippen LogP contribution >= 0.6 is 31.9 Å². The first-order chi connectivity index (χ1) is 4.13. The van der Waals surface area contributed by atoms with Crippen LogP contribution in [0.15, 0.2) is 13.4 Å². The highest BCUT2D eigenvalue weighted by Gasteiger charge is 2.00. The second kappa shape index (κ2) is 2.31. The number of rotatable bonds is 0. The number of hydrogen-bond donors (Lipinski definition) is 0. The van der Waals surface area contributed by atoms with Gasteiger partial charge in [-0.2, -0.15) is 0 Å². The summed E-state index contributed by atoms with van der Waals surface area (Å²) in [5.74, 6) is 0. The van der Waals surface area contributed by atoms with Gasteiger partial charge in [0, 0.05) is 0 Å². The fourth-order valence-corrected chi connectivity index (χ4v) is 1.09. The minimum absolute atomic E-state index is 0.604. The molecule has 1 heterocycles. The Morgan fingerprint density at radius 1 is 1.00 bits per heavy atom. The molecule has 0 N–H and O–H groups in total. The van der Waals surface area contributed by atoms with Gasteiger partial charge in [-0.15, -0.1) is 0 Å². The van der Waals surface area contributed by atoms with Crippen LogP contribution in [0.2, 0.25) is 0 Å². The molecular weight excluding hydrogens is 248 g/mol. The standard InChI is InChI=1S/C6H4Br2O/c1-3-5(7)6(8)4(2)9-3/h1-2H2. The summed E-state index contributed by atoms with van der Waals surface area (Å²) in [6.45, 7) is 7.24. The SMILES string of the molecule is C=c1oc(=C)c(Br)c1Br. The molecule has 0 bridgehead atoms. The molecular formula is C6H4Br2O. The lowest BCUT2D eigenvalue weighted by Crippen LogP contribution is -1.94. The van der Waals surface area contributed by atoms with E-state index in [9.17, 15) is 0 Å². The lowest BCUT2D eigenvalue weighted by Gasteiger charge is -1.75. The van der Waals surface area contributed by atoms with E-state index in [1.165, 1.54) is 0 Å². The van der Waals surface area contributed by atoms with E-state index in [4.69, 9.17) is 4.42 Å². The predicted molar refractivity (Wildman–Crippen MR) is 44.4 cm³/mol. The topological polar surface area (TPSA) is 13.1 Å². The quantitative estimate of drug-likeness (QED) is 0.683. The zero-order chi connectivity index (χ0) is 7.02. The van der Waals surface area contributed by atoms with Gasteiger partial charge >= 0.3 is 0 Å². The van der Waals surface area contributed by atoms with Crippen molar-refractivity contribution in [2.24, 2.45) is 0 Å². The van der Waals surface area contributed by atoms with Crippen molar-refractivity contribution in [1.82, 2.24) is 0 Å². The largest absolute Gasteiger partial charge is 0.456 e. The van der Waals surface area contributed by atoms with Crippen molar-refractivity contribution in [2.45, 2.75) is 0 Å². The van der Waals surface area contributed by atoms with Gasteiger partial charge in [0.05, 0.1) is 8.95 Å². The van der Waals surface area contributed by atoms with Crippen LogP contribution in [0.5, 0.6) is 0 Å². The van der Waals surface area contributed by atoms with Gasteiger partial charge < -0.3 is 4.42 Å². The first kappa shape index (κ1) is 7.09. The Bertz CT molecular complexity index is 282. The third kappa shape index (κ3) is 1.12. The maximum Gasteiger partial charge on any atom is 0.135 e. The molecule has 48 valence electrons. The molecule has 0 saturated heterocycles. The third-order valence-electron chi connectivity index (χ3n) is 0.929. The van der Waals surface area contributed by atoms with E-state index in [0.717, 1.165) is 8.95 Å². The Morgan fingerprint density at radius 3 is 1.44 bits per heavy atom. The normalized spacial score (nSPS) is 10.0. The Labute approximate surface area is 69.3 Å². The molecule has 0 saturated carbocycles. The third-order valence-corrected chi connectivity index (χ3v) is 3.14. The minimum atomic E-state index is 0.604. The molecule has 9 heavy (non-hydrogen) atoms. The van der Waals surface area contributed by atoms with Gasteiger partial charge in [0.1, 0.15) is 10.8 Å². The van der Waals surface area contributed by atoms with Crippen LogP contribution in [0.4, 0.5) is 0 Å². The van der Waals surface area contributed by atoms with Gasteiger partial charge in [-0.1, -0.05) is 13.2 Å². The lowest BCUT2D eigenvalue weighted by molar-refractivity contribution is 0.502. The summed E-state index contributed by atoms with van der Waals surface area (Å²) in [6, 6.07) is 0. The molecule has 0 radical (unpaired) electrons. The fraction of sp³-hybridized carbons (Fsp3) is 0. The summed E-state index contributed by atoms with van der Waals surface area (Å²) in [5.41, 5.74) is 1.21. The summed E-state index contributed by atoms with van der Waals surface area (Å²) in [7, 11) is 0.